The van der Waals surface area contributed by atoms with Gasteiger partial charge in [-0.25, -0.2) is 0 Å². The maximum absolute atomic E-state index is 13.8. The molecule has 2 atom stereocenters. The molecule has 1 fully saturated rings. The molecule has 1 saturated heterocycles. The number of carbonyl (C=O) groups is 1. The van der Waals surface area contributed by atoms with E-state index in [0.29, 0.717) is 48.2 Å². The van der Waals surface area contributed by atoms with Gasteiger partial charge in [-0.2, -0.15) is 0 Å². The standard InChI is InChI=1S/C31H47N3O4/c1-23(2)32-18-27-20-33(19-25-11-8-7-9-12-25)21-28(27)22-34(24(3)4)31(35)26-13-14-29(37-6)30(17-26)38-16-10-15-36-5/h7-9,11-14,17,23-24,27-28,32H,10,15-16,18-22H2,1-6H3/t27-,28-/m1/s1. The number of nitrogens with zero attached hydrogens (tertiary/aromatic N) is 2. The van der Waals surface area contributed by atoms with Crippen LogP contribution >= 0.6 is 0 Å². The Kier molecular flexibility index (Phi) is 11.9. The summed E-state index contributed by atoms with van der Waals surface area (Å²) in [6, 6.07) is 16.6. The van der Waals surface area contributed by atoms with Gasteiger partial charge in [0.2, 0.25) is 0 Å². The van der Waals surface area contributed by atoms with Crippen molar-refractivity contribution in [3.8, 4) is 11.5 Å². The van der Waals surface area contributed by atoms with Crippen LogP contribution in [0.5, 0.6) is 11.5 Å². The van der Waals surface area contributed by atoms with Gasteiger partial charge in [-0.3, -0.25) is 9.69 Å². The van der Waals surface area contributed by atoms with E-state index in [4.69, 9.17) is 14.2 Å². The van der Waals surface area contributed by atoms with E-state index in [1.165, 1.54) is 5.56 Å². The quantitative estimate of drug-likeness (QED) is 0.340. The van der Waals surface area contributed by atoms with Crippen molar-refractivity contribution in [1.82, 2.24) is 15.1 Å². The first-order chi connectivity index (χ1) is 18.3. The first kappa shape index (κ1) is 29.9. The molecular weight excluding hydrogens is 478 g/mol. The number of benzene rings is 2. The minimum Gasteiger partial charge on any atom is -0.493 e. The molecule has 2 aromatic carbocycles. The maximum Gasteiger partial charge on any atom is 0.254 e. The monoisotopic (exact) mass is 525 g/mol. The summed E-state index contributed by atoms with van der Waals surface area (Å²) in [6.45, 7) is 14.3. The van der Waals surface area contributed by atoms with Crippen molar-refractivity contribution in [2.45, 2.75) is 52.7 Å². The van der Waals surface area contributed by atoms with Crippen LogP contribution in [0.25, 0.3) is 0 Å². The Labute approximate surface area is 229 Å². The third kappa shape index (κ3) is 8.72. The Balaban J connectivity index is 1.75. The highest BCUT2D eigenvalue weighted by atomic mass is 16.5. The van der Waals surface area contributed by atoms with E-state index in [1.807, 2.05) is 23.1 Å². The summed E-state index contributed by atoms with van der Waals surface area (Å²) in [4.78, 5) is 18.4. The zero-order valence-electron chi connectivity index (χ0n) is 24.1. The van der Waals surface area contributed by atoms with Gasteiger partial charge < -0.3 is 24.4 Å². The van der Waals surface area contributed by atoms with Gasteiger partial charge in [-0.1, -0.05) is 44.2 Å². The number of likely N-dealkylation sites (tertiary alicyclic amines) is 1. The fourth-order valence-corrected chi connectivity index (χ4v) is 5.09. The zero-order valence-corrected chi connectivity index (χ0v) is 24.1. The molecule has 1 aliphatic heterocycles. The molecule has 0 radical (unpaired) electrons. The normalized spacial score (nSPS) is 17.8. The Morgan fingerprint density at radius 1 is 1.00 bits per heavy atom. The van der Waals surface area contributed by atoms with Gasteiger partial charge in [0.25, 0.3) is 5.91 Å². The van der Waals surface area contributed by atoms with Crippen LogP contribution in [0, 0.1) is 11.8 Å². The smallest absolute Gasteiger partial charge is 0.254 e. The van der Waals surface area contributed by atoms with Crippen LogP contribution in [0.1, 0.15) is 50.0 Å². The lowest BCUT2D eigenvalue weighted by atomic mass is 9.94. The molecule has 0 unspecified atom stereocenters. The van der Waals surface area contributed by atoms with E-state index in [0.717, 1.165) is 39.1 Å². The first-order valence-electron chi connectivity index (χ1n) is 13.9. The Morgan fingerprint density at radius 3 is 2.39 bits per heavy atom. The average molecular weight is 526 g/mol. The number of carbonyl (C=O) groups excluding carboxylic acids is 1. The van der Waals surface area contributed by atoms with Crippen LogP contribution in [0.15, 0.2) is 48.5 Å². The van der Waals surface area contributed by atoms with Gasteiger partial charge in [-0.15, -0.1) is 0 Å². The predicted molar refractivity (Wildman–Crippen MR) is 153 cm³/mol. The summed E-state index contributed by atoms with van der Waals surface area (Å²) >= 11 is 0. The van der Waals surface area contributed by atoms with Gasteiger partial charge in [0, 0.05) is 64.0 Å². The molecule has 0 saturated carbocycles. The Hall–Kier alpha value is -2.61. The SMILES string of the molecule is COCCCOc1cc(C(=O)N(C[C@H]2CN(Cc3ccccc3)C[C@H]2CNC(C)C)C(C)C)ccc1OC. The molecule has 1 aliphatic rings. The van der Waals surface area contributed by atoms with Crippen LogP contribution in [0.2, 0.25) is 0 Å². The lowest BCUT2D eigenvalue weighted by Gasteiger charge is -2.32. The van der Waals surface area contributed by atoms with Crippen molar-refractivity contribution in [2.75, 3.05) is 53.6 Å². The summed E-state index contributed by atoms with van der Waals surface area (Å²) in [6.07, 6.45) is 0.767. The molecule has 7 heteroatoms. The van der Waals surface area contributed by atoms with E-state index in [-0.39, 0.29) is 11.9 Å². The number of nitrogens with one attached hydrogen (secondary N) is 1. The molecule has 3 rings (SSSR count). The second kappa shape index (κ2) is 15.1. The fourth-order valence-electron chi connectivity index (χ4n) is 5.09. The van der Waals surface area contributed by atoms with E-state index in [9.17, 15) is 4.79 Å². The van der Waals surface area contributed by atoms with Crippen molar-refractivity contribution in [1.29, 1.82) is 0 Å². The molecule has 38 heavy (non-hydrogen) atoms. The number of ether oxygens (including phenoxy) is 3. The second-order valence-electron chi connectivity index (χ2n) is 10.9. The van der Waals surface area contributed by atoms with Crippen LogP contribution in [-0.4, -0.2) is 81.4 Å². The third-order valence-electron chi connectivity index (χ3n) is 7.17. The molecule has 7 nitrogen and oxygen atoms in total. The number of hydrogen-bond donors (Lipinski definition) is 1. The van der Waals surface area contributed by atoms with Crippen molar-refractivity contribution in [3.05, 3.63) is 59.7 Å². The molecular formula is C31H47N3O4. The topological polar surface area (TPSA) is 63.3 Å². The van der Waals surface area contributed by atoms with Crippen molar-refractivity contribution < 1.29 is 19.0 Å². The molecule has 210 valence electrons. The Morgan fingerprint density at radius 2 is 1.74 bits per heavy atom. The van der Waals surface area contributed by atoms with E-state index in [1.54, 1.807) is 14.2 Å². The van der Waals surface area contributed by atoms with Crippen molar-refractivity contribution in [2.24, 2.45) is 11.8 Å². The molecule has 0 aliphatic carbocycles. The lowest BCUT2D eigenvalue weighted by molar-refractivity contribution is 0.0658. The molecule has 1 heterocycles. The third-order valence-corrected chi connectivity index (χ3v) is 7.17. The van der Waals surface area contributed by atoms with E-state index >= 15 is 0 Å². The number of rotatable bonds is 15. The predicted octanol–water partition coefficient (Wildman–Crippen LogP) is 4.71. The highest BCUT2D eigenvalue weighted by molar-refractivity contribution is 5.95. The highest BCUT2D eigenvalue weighted by Crippen LogP contribution is 2.31. The van der Waals surface area contributed by atoms with Gasteiger partial charge in [0.05, 0.1) is 13.7 Å². The zero-order chi connectivity index (χ0) is 27.5. The molecule has 1 amide bonds. The van der Waals surface area contributed by atoms with Crippen molar-refractivity contribution >= 4 is 5.91 Å². The molecule has 0 bridgehead atoms. The number of hydrogen-bond acceptors (Lipinski definition) is 6. The van der Waals surface area contributed by atoms with Crippen LogP contribution < -0.4 is 14.8 Å². The van der Waals surface area contributed by atoms with Crippen LogP contribution in [0.4, 0.5) is 0 Å². The summed E-state index contributed by atoms with van der Waals surface area (Å²) in [5.74, 6) is 2.11. The maximum atomic E-state index is 13.8. The second-order valence-corrected chi connectivity index (χ2v) is 10.9. The number of amides is 1. The largest absolute Gasteiger partial charge is 0.493 e. The summed E-state index contributed by atoms with van der Waals surface area (Å²) in [5.41, 5.74) is 1.95. The average Bonchev–Trinajstić information content (AvgIpc) is 3.29. The van der Waals surface area contributed by atoms with Gasteiger partial charge in [-0.05, 0) is 56.0 Å². The fraction of sp³-hybridized carbons (Fsp3) is 0.581. The minimum absolute atomic E-state index is 0.0291. The van der Waals surface area contributed by atoms with Crippen molar-refractivity contribution in [3.63, 3.8) is 0 Å². The van der Waals surface area contributed by atoms with E-state index < -0.39 is 0 Å². The minimum atomic E-state index is 0.0291. The van der Waals surface area contributed by atoms with Gasteiger partial charge >= 0.3 is 0 Å². The summed E-state index contributed by atoms with van der Waals surface area (Å²) < 4.78 is 16.5. The number of methoxy groups -OCH3 is 2. The molecule has 0 aromatic heterocycles. The van der Waals surface area contributed by atoms with Crippen LogP contribution in [0.3, 0.4) is 0 Å². The molecule has 0 spiro atoms. The first-order valence-corrected chi connectivity index (χ1v) is 13.9. The van der Waals surface area contributed by atoms with Gasteiger partial charge in [0.15, 0.2) is 11.5 Å². The summed E-state index contributed by atoms with van der Waals surface area (Å²) in [5, 5.41) is 3.64. The lowest BCUT2D eigenvalue weighted by Crippen LogP contribution is -2.43. The van der Waals surface area contributed by atoms with Crippen LogP contribution in [-0.2, 0) is 11.3 Å². The molecule has 1 N–H and O–H groups in total. The summed E-state index contributed by atoms with van der Waals surface area (Å²) in [7, 11) is 3.29. The van der Waals surface area contributed by atoms with E-state index in [2.05, 4.69) is 68.2 Å². The highest BCUT2D eigenvalue weighted by Gasteiger charge is 2.35. The Bertz CT molecular complexity index is 982. The molecule has 2 aromatic rings. The van der Waals surface area contributed by atoms with Gasteiger partial charge in [0.1, 0.15) is 0 Å².